The van der Waals surface area contributed by atoms with Crippen molar-refractivity contribution in [3.05, 3.63) is 229 Å². The van der Waals surface area contributed by atoms with Gasteiger partial charge in [-0.3, -0.25) is 4.99 Å². The van der Waals surface area contributed by atoms with Crippen LogP contribution in [0.2, 0.25) is 0 Å². The molecule has 0 radical (unpaired) electrons. The van der Waals surface area contributed by atoms with E-state index >= 15 is 0 Å². The molecular formula is C58H42N2. The number of rotatable bonds is 5. The van der Waals surface area contributed by atoms with Gasteiger partial charge in [-0.25, -0.2) is 0 Å². The molecule has 0 amide bonds. The van der Waals surface area contributed by atoms with E-state index in [9.17, 15) is 0 Å². The monoisotopic (exact) mass is 766 g/mol. The van der Waals surface area contributed by atoms with Crippen molar-refractivity contribution >= 4 is 70.8 Å². The molecule has 284 valence electrons. The Balaban J connectivity index is 1.20. The molecule has 0 saturated carbocycles. The first kappa shape index (κ1) is 35.6. The molecule has 0 spiro atoms. The van der Waals surface area contributed by atoms with E-state index in [1.54, 1.807) is 0 Å². The minimum absolute atomic E-state index is 0.198. The molecule has 1 atom stereocenters. The van der Waals surface area contributed by atoms with Gasteiger partial charge in [-0.1, -0.05) is 170 Å². The Bertz CT molecular complexity index is 3430. The summed E-state index contributed by atoms with van der Waals surface area (Å²) in [6.07, 6.45) is 0.676. The smallest absolute Gasteiger partial charge is 0.0970 e. The van der Waals surface area contributed by atoms with Crippen molar-refractivity contribution in [3.63, 3.8) is 0 Å². The van der Waals surface area contributed by atoms with Crippen LogP contribution < -0.4 is 5.73 Å². The lowest BCUT2D eigenvalue weighted by Gasteiger charge is -2.21. The number of nitrogens with two attached hydrogens (primary N) is 1. The van der Waals surface area contributed by atoms with Gasteiger partial charge in [0.05, 0.1) is 11.8 Å². The fourth-order valence-electron chi connectivity index (χ4n) is 9.71. The number of nitrogen functional groups attached to an aromatic ring is 1. The molecule has 0 fully saturated rings. The average Bonchev–Trinajstić information content (AvgIpc) is 3.43. The molecule has 11 rings (SSSR count). The zero-order chi connectivity index (χ0) is 40.3. The summed E-state index contributed by atoms with van der Waals surface area (Å²) in [5.41, 5.74) is 19.8. The van der Waals surface area contributed by atoms with Gasteiger partial charge in [0.1, 0.15) is 0 Å². The Morgan fingerprint density at radius 2 is 1.10 bits per heavy atom. The highest BCUT2D eigenvalue weighted by atomic mass is 14.8. The van der Waals surface area contributed by atoms with Gasteiger partial charge in [-0.15, -0.1) is 0 Å². The maximum absolute atomic E-state index is 6.77. The number of aliphatic imine (C=N–C) groups is 1. The van der Waals surface area contributed by atoms with Crippen molar-refractivity contribution < 1.29 is 0 Å². The maximum Gasteiger partial charge on any atom is 0.0970 e. The third kappa shape index (κ3) is 5.91. The molecule has 1 unspecified atom stereocenters. The van der Waals surface area contributed by atoms with E-state index in [1.165, 1.54) is 81.7 Å². The summed E-state index contributed by atoms with van der Waals surface area (Å²) in [5, 5.41) is 12.2. The Morgan fingerprint density at radius 1 is 0.467 bits per heavy atom. The lowest BCUT2D eigenvalue weighted by molar-refractivity contribution is 0.854. The van der Waals surface area contributed by atoms with Gasteiger partial charge in [0.2, 0.25) is 0 Å². The Hall–Kier alpha value is -7.55. The summed E-state index contributed by atoms with van der Waals surface area (Å²) in [4.78, 5) is 5.71. The normalized spacial score (nSPS) is 14.7. The second kappa shape index (κ2) is 14.4. The molecule has 2 N–H and O–H groups in total. The fraction of sp³-hybridized carbons (Fsp3) is 0.0517. The zero-order valence-corrected chi connectivity index (χ0v) is 33.5. The largest absolute Gasteiger partial charge is 0.399 e. The van der Waals surface area contributed by atoms with Crippen molar-refractivity contribution in [1.82, 2.24) is 0 Å². The standard InChI is InChI=1S/C58H42N2/c1-36-31-51(39-16-5-3-6-17-39)37(2)58(40-18-7-4-8-19-40)60-57(36)54-35-45(59)28-30-48(54)53-33-42-21-11-12-22-46(42)50-29-27-44-34-52(43-26-25-38-15-9-10-20-41(38)32-43)47-23-13-14-24-49(47)55(44)56(50)53/h3-30,32-35,58H,1,31,59H2,2H3. The van der Waals surface area contributed by atoms with Crippen LogP contribution in [0.3, 0.4) is 0 Å². The lowest BCUT2D eigenvalue weighted by atomic mass is 9.83. The number of nitrogens with zero attached hydrogens (tertiary/aromatic N) is 1. The molecule has 1 aliphatic rings. The highest BCUT2D eigenvalue weighted by Gasteiger charge is 2.27. The lowest BCUT2D eigenvalue weighted by Crippen LogP contribution is -2.09. The highest BCUT2D eigenvalue weighted by Crippen LogP contribution is 2.47. The fourth-order valence-corrected chi connectivity index (χ4v) is 9.71. The molecule has 0 aromatic heterocycles. The molecule has 10 aromatic rings. The van der Waals surface area contributed by atoms with Crippen molar-refractivity contribution in [1.29, 1.82) is 0 Å². The van der Waals surface area contributed by atoms with E-state index in [-0.39, 0.29) is 6.04 Å². The van der Waals surface area contributed by atoms with Gasteiger partial charge in [-0.2, -0.15) is 0 Å². The van der Waals surface area contributed by atoms with Crippen LogP contribution in [0.4, 0.5) is 5.69 Å². The number of fused-ring (bicyclic) bond motifs is 8. The number of anilines is 1. The molecule has 2 heteroatoms. The van der Waals surface area contributed by atoms with Crippen molar-refractivity contribution in [2.45, 2.75) is 19.4 Å². The van der Waals surface area contributed by atoms with Crippen LogP contribution in [-0.2, 0) is 0 Å². The molecule has 2 nitrogen and oxygen atoms in total. The quantitative estimate of drug-likeness (QED) is 0.137. The molecule has 1 aliphatic heterocycles. The summed E-state index contributed by atoms with van der Waals surface area (Å²) < 4.78 is 0. The van der Waals surface area contributed by atoms with Gasteiger partial charge < -0.3 is 5.73 Å². The predicted molar refractivity (Wildman–Crippen MR) is 258 cm³/mol. The molecule has 10 aromatic carbocycles. The van der Waals surface area contributed by atoms with Crippen LogP contribution in [0.1, 0.15) is 36.1 Å². The topological polar surface area (TPSA) is 38.4 Å². The molecule has 0 saturated heterocycles. The van der Waals surface area contributed by atoms with Crippen LogP contribution >= 0.6 is 0 Å². The third-order valence-corrected chi connectivity index (χ3v) is 12.6. The summed E-state index contributed by atoms with van der Waals surface area (Å²) in [6.45, 7) is 7.03. The number of hydrogen-bond acceptors (Lipinski definition) is 2. The summed E-state index contributed by atoms with van der Waals surface area (Å²) in [5.74, 6) is 0. The number of hydrogen-bond donors (Lipinski definition) is 1. The highest BCUT2D eigenvalue weighted by molar-refractivity contribution is 6.31. The van der Waals surface area contributed by atoms with E-state index < -0.39 is 0 Å². The first-order valence-corrected chi connectivity index (χ1v) is 20.8. The van der Waals surface area contributed by atoms with E-state index in [0.717, 1.165) is 33.5 Å². The van der Waals surface area contributed by atoms with E-state index in [4.69, 9.17) is 17.3 Å². The van der Waals surface area contributed by atoms with Crippen molar-refractivity contribution in [3.8, 4) is 22.3 Å². The van der Waals surface area contributed by atoms with E-state index in [1.807, 2.05) is 6.07 Å². The molecular weight excluding hydrogens is 725 g/mol. The Morgan fingerprint density at radius 3 is 1.90 bits per heavy atom. The maximum atomic E-state index is 6.77. The second-order valence-corrected chi connectivity index (χ2v) is 16.2. The summed E-state index contributed by atoms with van der Waals surface area (Å²) >= 11 is 0. The molecule has 1 heterocycles. The SMILES string of the molecule is C=C1CC(c2ccccc2)=C(C)C(c2ccccc2)N=C1c1cc(N)ccc1-c1cc2ccccc2c2ccc3cc(-c4ccc5ccccc5c4)c4ccccc4c3c12. The third-order valence-electron chi connectivity index (χ3n) is 12.6. The minimum atomic E-state index is -0.198. The van der Waals surface area contributed by atoms with Gasteiger partial charge in [0, 0.05) is 11.3 Å². The van der Waals surface area contributed by atoms with Crippen LogP contribution in [0, 0.1) is 0 Å². The molecule has 0 aliphatic carbocycles. The van der Waals surface area contributed by atoms with Gasteiger partial charge in [-0.05, 0) is 148 Å². The number of benzene rings is 10. The van der Waals surface area contributed by atoms with Crippen LogP contribution in [0.25, 0.3) is 81.7 Å². The van der Waals surface area contributed by atoms with E-state index in [2.05, 4.69) is 195 Å². The van der Waals surface area contributed by atoms with Crippen LogP contribution in [0.5, 0.6) is 0 Å². The predicted octanol–water partition coefficient (Wildman–Crippen LogP) is 15.3. The first-order valence-electron chi connectivity index (χ1n) is 20.8. The Kier molecular flexibility index (Phi) is 8.53. The summed E-state index contributed by atoms with van der Waals surface area (Å²) in [7, 11) is 0. The van der Waals surface area contributed by atoms with Crippen molar-refractivity contribution in [2.24, 2.45) is 4.99 Å². The van der Waals surface area contributed by atoms with Crippen LogP contribution in [-0.4, -0.2) is 5.71 Å². The second-order valence-electron chi connectivity index (χ2n) is 16.2. The molecule has 0 bridgehead atoms. The van der Waals surface area contributed by atoms with Gasteiger partial charge in [0.15, 0.2) is 0 Å². The van der Waals surface area contributed by atoms with Gasteiger partial charge in [0.25, 0.3) is 0 Å². The Labute approximate surface area is 350 Å². The van der Waals surface area contributed by atoms with Gasteiger partial charge >= 0.3 is 0 Å². The van der Waals surface area contributed by atoms with Crippen molar-refractivity contribution in [2.75, 3.05) is 5.73 Å². The van der Waals surface area contributed by atoms with Crippen LogP contribution in [0.15, 0.2) is 217 Å². The van der Waals surface area contributed by atoms with E-state index in [0.29, 0.717) is 12.1 Å². The molecule has 60 heavy (non-hydrogen) atoms. The number of allylic oxidation sites excluding steroid dienone is 2. The zero-order valence-electron chi connectivity index (χ0n) is 33.5. The summed E-state index contributed by atoms with van der Waals surface area (Å²) in [6, 6.07) is 70.0. The average molecular weight is 767 g/mol. The minimum Gasteiger partial charge on any atom is -0.399 e. The first-order chi connectivity index (χ1) is 29.5.